The maximum atomic E-state index is 12.2. The predicted molar refractivity (Wildman–Crippen MR) is 97.4 cm³/mol. The predicted octanol–water partition coefficient (Wildman–Crippen LogP) is 5.50. The minimum absolute atomic E-state index is 0.101. The van der Waals surface area contributed by atoms with Crippen molar-refractivity contribution in [2.45, 2.75) is 122 Å². The first kappa shape index (κ1) is 20.5. The van der Waals surface area contributed by atoms with Crippen LogP contribution in [0.5, 0.6) is 0 Å². The Hall–Kier alpha value is -0.570. The molecule has 1 unspecified atom stereocenters. The zero-order valence-corrected chi connectivity index (χ0v) is 15.4. The molecule has 0 aliphatic heterocycles. The summed E-state index contributed by atoms with van der Waals surface area (Å²) in [7, 11) is 0. The van der Waals surface area contributed by atoms with Gasteiger partial charge < -0.3 is 10.5 Å². The number of rotatable bonds is 7. The summed E-state index contributed by atoms with van der Waals surface area (Å²) in [5.41, 5.74) is 6.01. The molecular formula is C20H39NO2. The van der Waals surface area contributed by atoms with Gasteiger partial charge in [0.2, 0.25) is 0 Å². The first-order chi connectivity index (χ1) is 11.2. The molecule has 0 aromatic heterocycles. The van der Waals surface area contributed by atoms with Crippen LogP contribution in [0, 0.1) is 0 Å². The van der Waals surface area contributed by atoms with Gasteiger partial charge in [-0.1, -0.05) is 77.6 Å². The molecule has 0 saturated heterocycles. The van der Waals surface area contributed by atoms with Crippen molar-refractivity contribution in [1.29, 1.82) is 0 Å². The third-order valence-corrected chi connectivity index (χ3v) is 5.01. The Labute approximate surface area is 143 Å². The van der Waals surface area contributed by atoms with E-state index in [1.807, 2.05) is 0 Å². The number of esters is 1. The molecule has 2 N–H and O–H groups in total. The van der Waals surface area contributed by atoms with Crippen LogP contribution in [0.2, 0.25) is 0 Å². The fraction of sp³-hybridized carbons (Fsp3) is 0.950. The Kier molecular flexibility index (Phi) is 12.3. The summed E-state index contributed by atoms with van der Waals surface area (Å²) in [6.45, 7) is 2.19. The number of unbranched alkanes of at least 4 members (excludes halogenated alkanes) is 3. The van der Waals surface area contributed by atoms with Crippen molar-refractivity contribution in [3.8, 4) is 0 Å². The normalized spacial score (nSPS) is 20.3. The van der Waals surface area contributed by atoms with Crippen molar-refractivity contribution < 1.29 is 9.53 Å². The van der Waals surface area contributed by atoms with Crippen LogP contribution in [-0.2, 0) is 9.53 Å². The summed E-state index contributed by atoms with van der Waals surface area (Å²) in [5.74, 6) is -0.168. The second-order valence-corrected chi connectivity index (χ2v) is 7.27. The van der Waals surface area contributed by atoms with E-state index in [1.54, 1.807) is 0 Å². The van der Waals surface area contributed by atoms with Crippen molar-refractivity contribution in [2.75, 3.05) is 0 Å². The van der Waals surface area contributed by atoms with Crippen LogP contribution in [0.4, 0.5) is 0 Å². The Balaban J connectivity index is 2.29. The molecular weight excluding hydrogens is 286 g/mol. The summed E-state index contributed by atoms with van der Waals surface area (Å²) < 4.78 is 5.75. The number of ether oxygens (including phenoxy) is 1. The molecule has 0 radical (unpaired) electrons. The number of carbonyl (C=O) groups excluding carboxylic acids is 1. The maximum absolute atomic E-state index is 12.2. The van der Waals surface area contributed by atoms with Crippen LogP contribution in [0.15, 0.2) is 0 Å². The summed E-state index contributed by atoms with van der Waals surface area (Å²) in [4.78, 5) is 12.2. The smallest absolute Gasteiger partial charge is 0.323 e. The molecule has 0 spiro atoms. The first-order valence-corrected chi connectivity index (χ1v) is 10.2. The van der Waals surface area contributed by atoms with E-state index in [2.05, 4.69) is 6.92 Å². The third kappa shape index (κ3) is 10.8. The highest BCUT2D eigenvalue weighted by Crippen LogP contribution is 2.19. The topological polar surface area (TPSA) is 52.3 Å². The number of hydrogen-bond acceptors (Lipinski definition) is 3. The summed E-state index contributed by atoms with van der Waals surface area (Å²) in [6.07, 6.45) is 19.3. The lowest BCUT2D eigenvalue weighted by molar-refractivity contribution is -0.151. The number of carbonyl (C=O) groups is 1. The minimum atomic E-state index is -0.423. The molecule has 1 fully saturated rings. The lowest BCUT2D eigenvalue weighted by atomic mass is 9.99. The Morgan fingerprint density at radius 3 is 1.96 bits per heavy atom. The third-order valence-electron chi connectivity index (χ3n) is 5.01. The highest BCUT2D eigenvalue weighted by molar-refractivity contribution is 5.75. The van der Waals surface area contributed by atoms with E-state index in [1.165, 1.54) is 77.0 Å². The van der Waals surface area contributed by atoms with E-state index in [4.69, 9.17) is 10.5 Å². The molecule has 1 aliphatic rings. The van der Waals surface area contributed by atoms with Gasteiger partial charge in [-0.25, -0.2) is 0 Å². The van der Waals surface area contributed by atoms with Crippen molar-refractivity contribution in [2.24, 2.45) is 5.73 Å². The van der Waals surface area contributed by atoms with Crippen molar-refractivity contribution >= 4 is 5.97 Å². The van der Waals surface area contributed by atoms with Gasteiger partial charge in [-0.2, -0.15) is 0 Å². The molecule has 1 aliphatic carbocycles. The summed E-state index contributed by atoms with van der Waals surface area (Å²) in [6, 6.07) is -0.423. The van der Waals surface area contributed by atoms with Gasteiger partial charge in [0.1, 0.15) is 12.1 Å². The van der Waals surface area contributed by atoms with Gasteiger partial charge in [-0.05, 0) is 32.1 Å². The van der Waals surface area contributed by atoms with Crippen LogP contribution in [0.3, 0.4) is 0 Å². The van der Waals surface area contributed by atoms with Gasteiger partial charge in [-0.3, -0.25) is 4.79 Å². The van der Waals surface area contributed by atoms with Gasteiger partial charge in [0.05, 0.1) is 0 Å². The highest BCUT2D eigenvalue weighted by Gasteiger charge is 2.20. The second kappa shape index (κ2) is 13.8. The molecule has 3 heteroatoms. The summed E-state index contributed by atoms with van der Waals surface area (Å²) in [5, 5.41) is 0. The standard InChI is InChI=1S/C20H39NO2/c1-2-3-4-14-17-19(21)20(22)23-18-15-12-10-8-6-5-7-9-11-13-16-18/h18-19H,2-17,21H2,1H3. The number of hydrogen-bond donors (Lipinski definition) is 1. The van der Waals surface area contributed by atoms with Gasteiger partial charge in [0.15, 0.2) is 0 Å². The van der Waals surface area contributed by atoms with Crippen LogP contribution in [-0.4, -0.2) is 18.1 Å². The Morgan fingerprint density at radius 1 is 0.913 bits per heavy atom. The van der Waals surface area contributed by atoms with Gasteiger partial charge in [-0.15, -0.1) is 0 Å². The van der Waals surface area contributed by atoms with E-state index in [9.17, 15) is 4.79 Å². The molecule has 3 nitrogen and oxygen atoms in total. The number of nitrogens with two attached hydrogens (primary N) is 1. The second-order valence-electron chi connectivity index (χ2n) is 7.27. The molecule has 1 rings (SSSR count). The van der Waals surface area contributed by atoms with Crippen molar-refractivity contribution in [3.05, 3.63) is 0 Å². The van der Waals surface area contributed by atoms with E-state index >= 15 is 0 Å². The molecule has 136 valence electrons. The molecule has 0 aromatic carbocycles. The Bertz CT molecular complexity index is 281. The fourth-order valence-electron chi connectivity index (χ4n) is 3.40. The fourth-order valence-corrected chi connectivity index (χ4v) is 3.40. The first-order valence-electron chi connectivity index (χ1n) is 10.2. The molecule has 23 heavy (non-hydrogen) atoms. The SMILES string of the molecule is CCCCCCC(N)C(=O)OC1CCCCCCCCCCC1. The summed E-state index contributed by atoms with van der Waals surface area (Å²) >= 11 is 0. The van der Waals surface area contributed by atoms with Crippen LogP contribution in [0.25, 0.3) is 0 Å². The van der Waals surface area contributed by atoms with Gasteiger partial charge in [0, 0.05) is 0 Å². The van der Waals surface area contributed by atoms with E-state index in [0.29, 0.717) is 0 Å². The van der Waals surface area contributed by atoms with Crippen molar-refractivity contribution in [3.63, 3.8) is 0 Å². The van der Waals surface area contributed by atoms with Crippen LogP contribution >= 0.6 is 0 Å². The average Bonchev–Trinajstić information content (AvgIpc) is 2.53. The monoisotopic (exact) mass is 325 g/mol. The van der Waals surface area contributed by atoms with Gasteiger partial charge in [0.25, 0.3) is 0 Å². The lowest BCUT2D eigenvalue weighted by Crippen LogP contribution is -2.35. The minimum Gasteiger partial charge on any atom is -0.461 e. The molecule has 1 saturated carbocycles. The largest absolute Gasteiger partial charge is 0.461 e. The zero-order valence-electron chi connectivity index (χ0n) is 15.4. The maximum Gasteiger partial charge on any atom is 0.323 e. The zero-order chi connectivity index (χ0) is 16.8. The molecule has 0 aromatic rings. The quantitative estimate of drug-likeness (QED) is 0.496. The van der Waals surface area contributed by atoms with Crippen molar-refractivity contribution in [1.82, 2.24) is 0 Å². The van der Waals surface area contributed by atoms with Gasteiger partial charge >= 0.3 is 5.97 Å². The van der Waals surface area contributed by atoms with E-state index < -0.39 is 6.04 Å². The molecule has 0 heterocycles. The van der Waals surface area contributed by atoms with E-state index in [-0.39, 0.29) is 12.1 Å². The lowest BCUT2D eigenvalue weighted by Gasteiger charge is -2.21. The molecule has 0 amide bonds. The van der Waals surface area contributed by atoms with E-state index in [0.717, 1.165) is 25.7 Å². The highest BCUT2D eigenvalue weighted by atomic mass is 16.5. The molecule has 0 bridgehead atoms. The Morgan fingerprint density at radius 2 is 1.43 bits per heavy atom. The average molecular weight is 326 g/mol. The van der Waals surface area contributed by atoms with Crippen LogP contribution < -0.4 is 5.73 Å². The molecule has 1 atom stereocenters. The van der Waals surface area contributed by atoms with Crippen LogP contribution in [0.1, 0.15) is 110 Å².